The van der Waals surface area contributed by atoms with Crippen molar-refractivity contribution in [2.45, 2.75) is 4.90 Å². The molecule has 6 heteroatoms. The monoisotopic (exact) mass is 242 g/mol. The molecule has 0 unspecified atom stereocenters. The van der Waals surface area contributed by atoms with Gasteiger partial charge in [0, 0.05) is 5.39 Å². The maximum Gasteiger partial charge on any atom is 0.238 e. The van der Waals surface area contributed by atoms with Crippen LogP contribution in [0.3, 0.4) is 0 Å². The van der Waals surface area contributed by atoms with Crippen molar-refractivity contribution in [1.29, 1.82) is 0 Å². The largest absolute Gasteiger partial charge is 0.238 e. The van der Waals surface area contributed by atoms with Crippen LogP contribution < -0.4 is 5.14 Å². The number of hydrogen-bond acceptors (Lipinski definition) is 3. The van der Waals surface area contributed by atoms with E-state index >= 15 is 0 Å². The van der Waals surface area contributed by atoms with Crippen LogP contribution >= 0.6 is 11.6 Å². The summed E-state index contributed by atoms with van der Waals surface area (Å²) in [5.41, 5.74) is 0.508. The molecule has 0 bridgehead atoms. The van der Waals surface area contributed by atoms with Crippen molar-refractivity contribution in [2.24, 2.45) is 5.14 Å². The highest BCUT2D eigenvalue weighted by molar-refractivity contribution is 7.89. The van der Waals surface area contributed by atoms with Gasteiger partial charge in [-0.05, 0) is 24.3 Å². The molecule has 0 spiro atoms. The van der Waals surface area contributed by atoms with E-state index in [1.807, 2.05) is 0 Å². The van der Waals surface area contributed by atoms with Gasteiger partial charge in [0.25, 0.3) is 0 Å². The third-order valence-electron chi connectivity index (χ3n) is 1.96. The molecular formula is C9H7ClN2O2S. The predicted octanol–water partition coefficient (Wildman–Crippen LogP) is 1.54. The molecule has 0 amide bonds. The van der Waals surface area contributed by atoms with Crippen molar-refractivity contribution in [3.05, 3.63) is 35.5 Å². The van der Waals surface area contributed by atoms with E-state index in [1.165, 1.54) is 12.1 Å². The second-order valence-electron chi connectivity index (χ2n) is 3.00. The van der Waals surface area contributed by atoms with Crippen LogP contribution in [0.4, 0.5) is 0 Å². The fraction of sp³-hybridized carbons (Fsp3) is 0. The zero-order chi connectivity index (χ0) is 11.1. The topological polar surface area (TPSA) is 73.1 Å². The van der Waals surface area contributed by atoms with Gasteiger partial charge in [0.15, 0.2) is 0 Å². The Bertz CT molecular complexity index is 625. The van der Waals surface area contributed by atoms with E-state index in [9.17, 15) is 8.42 Å². The van der Waals surface area contributed by atoms with Crippen molar-refractivity contribution in [2.75, 3.05) is 0 Å². The van der Waals surface area contributed by atoms with Crippen LogP contribution in [0.1, 0.15) is 0 Å². The maximum atomic E-state index is 11.2. The van der Waals surface area contributed by atoms with Crippen LogP contribution in [0.5, 0.6) is 0 Å². The molecule has 0 radical (unpaired) electrons. The summed E-state index contributed by atoms with van der Waals surface area (Å²) in [6.07, 6.45) is 0. The van der Waals surface area contributed by atoms with Gasteiger partial charge in [-0.2, -0.15) is 0 Å². The summed E-state index contributed by atoms with van der Waals surface area (Å²) in [5.74, 6) is 0. The zero-order valence-corrected chi connectivity index (χ0v) is 9.09. The number of rotatable bonds is 1. The Morgan fingerprint density at radius 3 is 2.60 bits per heavy atom. The molecule has 0 saturated heterocycles. The lowest BCUT2D eigenvalue weighted by atomic mass is 10.2. The number of nitrogens with zero attached hydrogens (tertiary/aromatic N) is 1. The van der Waals surface area contributed by atoms with Gasteiger partial charge in [-0.25, -0.2) is 18.5 Å². The van der Waals surface area contributed by atoms with E-state index in [0.717, 1.165) is 0 Å². The Morgan fingerprint density at radius 1 is 1.20 bits per heavy atom. The molecule has 1 aromatic heterocycles. The number of benzene rings is 1. The second-order valence-corrected chi connectivity index (χ2v) is 4.92. The SMILES string of the molecule is NS(=O)(=O)c1cccc2nc(Cl)ccc12. The molecule has 0 fully saturated rings. The van der Waals surface area contributed by atoms with Crippen LogP contribution in [-0.2, 0) is 10.0 Å². The first-order chi connectivity index (χ1) is 6.98. The summed E-state index contributed by atoms with van der Waals surface area (Å²) >= 11 is 5.69. The molecule has 2 N–H and O–H groups in total. The van der Waals surface area contributed by atoms with E-state index in [1.54, 1.807) is 18.2 Å². The minimum absolute atomic E-state index is 0.0594. The summed E-state index contributed by atoms with van der Waals surface area (Å²) in [4.78, 5) is 4.05. The number of halogens is 1. The standard InChI is InChI=1S/C9H7ClN2O2S/c10-9-5-4-6-7(12-9)2-1-3-8(6)15(11,13)14/h1-5H,(H2,11,13,14). The van der Waals surface area contributed by atoms with Gasteiger partial charge in [-0.3, -0.25) is 0 Å². The molecule has 15 heavy (non-hydrogen) atoms. The summed E-state index contributed by atoms with van der Waals surface area (Å²) in [7, 11) is -3.73. The molecule has 1 heterocycles. The summed E-state index contributed by atoms with van der Waals surface area (Å²) in [5, 5.41) is 5.86. The van der Waals surface area contributed by atoms with Crippen molar-refractivity contribution in [3.63, 3.8) is 0 Å². The van der Waals surface area contributed by atoms with Crippen molar-refractivity contribution < 1.29 is 8.42 Å². The molecule has 2 aromatic rings. The van der Waals surface area contributed by atoms with Crippen LogP contribution in [0.25, 0.3) is 10.9 Å². The van der Waals surface area contributed by atoms with Crippen molar-refractivity contribution in [1.82, 2.24) is 4.98 Å². The Kier molecular flexibility index (Phi) is 2.38. The lowest BCUT2D eigenvalue weighted by Crippen LogP contribution is -2.12. The molecule has 0 atom stereocenters. The molecule has 1 aromatic carbocycles. The third-order valence-corrected chi connectivity index (χ3v) is 3.14. The van der Waals surface area contributed by atoms with Crippen LogP contribution in [0.2, 0.25) is 5.15 Å². The highest BCUT2D eigenvalue weighted by atomic mass is 35.5. The minimum Gasteiger partial charge on any atom is -0.236 e. The zero-order valence-electron chi connectivity index (χ0n) is 7.51. The first-order valence-electron chi connectivity index (χ1n) is 4.06. The molecule has 78 valence electrons. The highest BCUT2D eigenvalue weighted by Gasteiger charge is 2.12. The number of nitrogens with two attached hydrogens (primary N) is 1. The van der Waals surface area contributed by atoms with Crippen molar-refractivity contribution >= 4 is 32.5 Å². The molecule has 0 saturated carbocycles. The Hall–Kier alpha value is -1.17. The Morgan fingerprint density at radius 2 is 1.93 bits per heavy atom. The average Bonchev–Trinajstić information content (AvgIpc) is 2.15. The quantitative estimate of drug-likeness (QED) is 0.771. The predicted molar refractivity (Wildman–Crippen MR) is 58.1 cm³/mol. The van der Waals surface area contributed by atoms with Gasteiger partial charge in [0.1, 0.15) is 5.15 Å². The van der Waals surface area contributed by atoms with Gasteiger partial charge < -0.3 is 0 Å². The molecule has 4 nitrogen and oxygen atoms in total. The summed E-state index contributed by atoms with van der Waals surface area (Å²) in [6, 6.07) is 7.80. The van der Waals surface area contributed by atoms with E-state index in [-0.39, 0.29) is 4.90 Å². The lowest BCUT2D eigenvalue weighted by Gasteiger charge is -2.03. The van der Waals surface area contributed by atoms with E-state index < -0.39 is 10.0 Å². The summed E-state index contributed by atoms with van der Waals surface area (Å²) < 4.78 is 22.5. The summed E-state index contributed by atoms with van der Waals surface area (Å²) in [6.45, 7) is 0. The number of sulfonamides is 1. The van der Waals surface area contributed by atoms with Gasteiger partial charge >= 0.3 is 0 Å². The normalized spacial score (nSPS) is 11.9. The lowest BCUT2D eigenvalue weighted by molar-refractivity contribution is 0.598. The maximum absolute atomic E-state index is 11.2. The fourth-order valence-corrected chi connectivity index (χ4v) is 2.25. The van der Waals surface area contributed by atoms with Gasteiger partial charge in [0.05, 0.1) is 10.4 Å². The van der Waals surface area contributed by atoms with Crippen LogP contribution in [-0.4, -0.2) is 13.4 Å². The first-order valence-corrected chi connectivity index (χ1v) is 5.99. The minimum atomic E-state index is -3.73. The van der Waals surface area contributed by atoms with Crippen LogP contribution in [0.15, 0.2) is 35.2 Å². The smallest absolute Gasteiger partial charge is 0.236 e. The molecular weight excluding hydrogens is 236 g/mol. The Labute approximate surface area is 91.7 Å². The van der Waals surface area contributed by atoms with E-state index in [0.29, 0.717) is 16.1 Å². The molecule has 2 rings (SSSR count). The van der Waals surface area contributed by atoms with Crippen molar-refractivity contribution in [3.8, 4) is 0 Å². The number of hydrogen-bond donors (Lipinski definition) is 1. The highest BCUT2D eigenvalue weighted by Crippen LogP contribution is 2.22. The third kappa shape index (κ3) is 1.94. The average molecular weight is 243 g/mol. The molecule has 0 aliphatic heterocycles. The van der Waals surface area contributed by atoms with E-state index in [4.69, 9.17) is 16.7 Å². The first kappa shape index (κ1) is 10.4. The fourth-order valence-electron chi connectivity index (χ4n) is 1.35. The van der Waals surface area contributed by atoms with Gasteiger partial charge in [-0.1, -0.05) is 17.7 Å². The second kappa shape index (κ2) is 3.44. The number of fused-ring (bicyclic) bond motifs is 1. The van der Waals surface area contributed by atoms with E-state index in [2.05, 4.69) is 4.98 Å². The number of aromatic nitrogens is 1. The van der Waals surface area contributed by atoms with Gasteiger partial charge in [-0.15, -0.1) is 0 Å². The van der Waals surface area contributed by atoms with Crippen LogP contribution in [0, 0.1) is 0 Å². The van der Waals surface area contributed by atoms with Gasteiger partial charge in [0.2, 0.25) is 10.0 Å². The Balaban J connectivity index is 2.89. The number of pyridine rings is 1. The number of primary sulfonamides is 1. The molecule has 0 aliphatic carbocycles. The molecule has 0 aliphatic rings.